The van der Waals surface area contributed by atoms with Crippen molar-refractivity contribution in [1.29, 1.82) is 0 Å². The average Bonchev–Trinajstić information content (AvgIpc) is 2.45. The number of pyridine rings is 1. The average molecular weight is 246 g/mol. The molecule has 0 aliphatic heterocycles. The Labute approximate surface area is 103 Å². The molecule has 1 aromatic carbocycles. The molecular weight excluding hydrogens is 238 g/mol. The Hall–Kier alpha value is -2.07. The van der Waals surface area contributed by atoms with Crippen molar-refractivity contribution in [2.75, 3.05) is 0 Å². The van der Waals surface area contributed by atoms with E-state index in [2.05, 4.69) is 15.0 Å². The first-order valence-electron chi connectivity index (χ1n) is 4.86. The minimum absolute atomic E-state index is 0. The second kappa shape index (κ2) is 4.43. The van der Waals surface area contributed by atoms with Gasteiger partial charge in [0.25, 0.3) is 5.56 Å². The molecule has 0 bridgehead atoms. The summed E-state index contributed by atoms with van der Waals surface area (Å²) in [6.45, 7) is 0. The lowest BCUT2D eigenvalue weighted by Gasteiger charge is -1.87. The Bertz CT molecular complexity index is 745. The summed E-state index contributed by atoms with van der Waals surface area (Å²) in [5, 5.41) is 0.514. The first kappa shape index (κ1) is 11.4. The van der Waals surface area contributed by atoms with Crippen molar-refractivity contribution >= 4 is 34.5 Å². The zero-order valence-corrected chi connectivity index (χ0v) is 9.52. The number of rotatable bonds is 0. The molecule has 0 atom stereocenters. The van der Waals surface area contributed by atoms with Crippen LogP contribution in [-0.4, -0.2) is 15.0 Å². The van der Waals surface area contributed by atoms with Crippen LogP contribution in [-0.2, 0) is 0 Å². The smallest absolute Gasteiger partial charge is 0.267 e. The van der Waals surface area contributed by atoms with E-state index in [9.17, 15) is 4.79 Å². The molecule has 2 aromatic heterocycles. The van der Waals surface area contributed by atoms with Crippen LogP contribution >= 0.6 is 12.4 Å². The lowest BCUT2D eigenvalue weighted by Crippen LogP contribution is -2.01. The largest absolute Gasteiger partial charge is 0.279 e. The summed E-state index contributed by atoms with van der Waals surface area (Å²) in [6.07, 6.45) is 1.64. The molecule has 0 aliphatic rings. The second-order valence-electron chi connectivity index (χ2n) is 3.39. The molecule has 0 aliphatic carbocycles. The van der Waals surface area contributed by atoms with Crippen LogP contribution in [0.5, 0.6) is 0 Å². The van der Waals surface area contributed by atoms with E-state index >= 15 is 0 Å². The fraction of sp³-hybridized carbons (Fsp3) is 0. The number of fused-ring (bicyclic) bond motifs is 2. The van der Waals surface area contributed by atoms with Crippen molar-refractivity contribution in [2.24, 2.45) is 0 Å². The number of aromatic nitrogens is 3. The molecule has 0 saturated carbocycles. The van der Waals surface area contributed by atoms with Crippen LogP contribution in [0.3, 0.4) is 0 Å². The summed E-state index contributed by atoms with van der Waals surface area (Å²) in [5.74, 6) is 0. The van der Waals surface area contributed by atoms with Gasteiger partial charge in [0.15, 0.2) is 5.65 Å². The Morgan fingerprint density at radius 2 is 1.65 bits per heavy atom. The van der Waals surface area contributed by atoms with Crippen molar-refractivity contribution in [3.63, 3.8) is 0 Å². The van der Waals surface area contributed by atoms with E-state index in [0.29, 0.717) is 22.1 Å². The van der Waals surface area contributed by atoms with Crippen molar-refractivity contribution in [1.82, 2.24) is 15.0 Å². The Kier molecular flexibility index (Phi) is 2.97. The molecule has 3 rings (SSSR count). The van der Waals surface area contributed by atoms with Crippen LogP contribution < -0.4 is 5.56 Å². The van der Waals surface area contributed by atoms with Crippen LogP contribution in [0.1, 0.15) is 0 Å². The quantitative estimate of drug-likeness (QED) is 0.608. The van der Waals surface area contributed by atoms with Gasteiger partial charge in [0.1, 0.15) is 5.52 Å². The third-order valence-corrected chi connectivity index (χ3v) is 2.35. The number of benzene rings is 1. The van der Waals surface area contributed by atoms with Crippen LogP contribution in [0.4, 0.5) is 0 Å². The number of halogens is 1. The predicted molar refractivity (Wildman–Crippen MR) is 68.4 cm³/mol. The molecule has 0 amide bonds. The SMILES string of the molecule is Cl.O=c1nc2cccnc2nc2ccccc12. The van der Waals surface area contributed by atoms with Crippen molar-refractivity contribution in [3.05, 3.63) is 52.9 Å². The summed E-state index contributed by atoms with van der Waals surface area (Å²) < 4.78 is 0. The number of nitrogens with zero attached hydrogens (tertiary/aromatic N) is 3. The highest BCUT2D eigenvalue weighted by Crippen LogP contribution is 2.08. The first-order chi connectivity index (χ1) is 7.84. The van der Waals surface area contributed by atoms with Gasteiger partial charge in [0.05, 0.1) is 10.9 Å². The fourth-order valence-corrected chi connectivity index (χ4v) is 1.60. The van der Waals surface area contributed by atoms with Crippen molar-refractivity contribution in [2.45, 2.75) is 0 Å². The number of hydrogen-bond acceptors (Lipinski definition) is 4. The molecular formula is C12H8ClN3O. The lowest BCUT2D eigenvalue weighted by molar-refractivity contribution is 1.29. The van der Waals surface area contributed by atoms with Crippen LogP contribution in [0.2, 0.25) is 0 Å². The van der Waals surface area contributed by atoms with Crippen LogP contribution in [0.25, 0.3) is 22.1 Å². The summed E-state index contributed by atoms with van der Waals surface area (Å²) in [7, 11) is 0. The van der Waals surface area contributed by atoms with Crippen LogP contribution in [0, 0.1) is 0 Å². The second-order valence-corrected chi connectivity index (χ2v) is 3.39. The molecule has 84 valence electrons. The van der Waals surface area contributed by atoms with E-state index in [1.807, 2.05) is 6.07 Å². The zero-order chi connectivity index (χ0) is 11.0. The third kappa shape index (κ3) is 1.94. The molecule has 0 saturated heterocycles. The topological polar surface area (TPSA) is 55.7 Å². The summed E-state index contributed by atoms with van der Waals surface area (Å²) in [6, 6.07) is 10.6. The third-order valence-electron chi connectivity index (χ3n) is 2.35. The highest BCUT2D eigenvalue weighted by molar-refractivity contribution is 5.85. The van der Waals surface area contributed by atoms with Gasteiger partial charge in [0.2, 0.25) is 0 Å². The maximum atomic E-state index is 11.8. The standard InChI is InChI=1S/C12H7N3O.ClH/c16-12-8-4-1-2-5-9(8)14-11-10(15-12)6-3-7-13-11;/h1-7H;1H. The maximum absolute atomic E-state index is 11.8. The Balaban J connectivity index is 0.00000108. The molecule has 2 heterocycles. The monoisotopic (exact) mass is 245 g/mol. The molecule has 5 heteroatoms. The predicted octanol–water partition coefficient (Wildman–Crippen LogP) is 1.96. The Morgan fingerprint density at radius 3 is 2.53 bits per heavy atom. The van der Waals surface area contributed by atoms with Crippen molar-refractivity contribution in [3.8, 4) is 0 Å². The highest BCUT2D eigenvalue weighted by atomic mass is 35.5. The van der Waals surface area contributed by atoms with Gasteiger partial charge in [-0.05, 0) is 24.3 Å². The molecule has 0 N–H and O–H groups in total. The number of hydrogen-bond donors (Lipinski definition) is 0. The van der Waals surface area contributed by atoms with Crippen LogP contribution in [0.15, 0.2) is 47.4 Å². The maximum Gasteiger partial charge on any atom is 0.279 e. The molecule has 4 nitrogen and oxygen atoms in total. The van der Waals surface area contributed by atoms with Gasteiger partial charge >= 0.3 is 0 Å². The highest BCUT2D eigenvalue weighted by Gasteiger charge is 2.01. The summed E-state index contributed by atoms with van der Waals surface area (Å²) >= 11 is 0. The first-order valence-corrected chi connectivity index (χ1v) is 4.86. The number of para-hydroxylation sites is 1. The molecule has 17 heavy (non-hydrogen) atoms. The van der Waals surface area contributed by atoms with Gasteiger partial charge in [0, 0.05) is 6.20 Å². The molecule has 0 unspecified atom stereocenters. The minimum Gasteiger partial charge on any atom is -0.267 e. The molecule has 3 aromatic rings. The van der Waals surface area contributed by atoms with E-state index < -0.39 is 0 Å². The lowest BCUT2D eigenvalue weighted by atomic mass is 10.2. The van der Waals surface area contributed by atoms with Gasteiger partial charge in [-0.3, -0.25) is 4.79 Å². The van der Waals surface area contributed by atoms with E-state index in [-0.39, 0.29) is 18.0 Å². The normalized spacial score (nSPS) is 10.1. The van der Waals surface area contributed by atoms with E-state index in [4.69, 9.17) is 0 Å². The van der Waals surface area contributed by atoms with Gasteiger partial charge in [-0.25, -0.2) is 15.0 Å². The van der Waals surface area contributed by atoms with Gasteiger partial charge in [-0.15, -0.1) is 12.4 Å². The minimum atomic E-state index is -0.272. The van der Waals surface area contributed by atoms with Gasteiger partial charge in [-0.1, -0.05) is 12.1 Å². The van der Waals surface area contributed by atoms with Crippen molar-refractivity contribution < 1.29 is 0 Å². The van der Waals surface area contributed by atoms with E-state index in [1.165, 1.54) is 0 Å². The molecule has 0 radical (unpaired) electrons. The van der Waals surface area contributed by atoms with Gasteiger partial charge in [-0.2, -0.15) is 0 Å². The van der Waals surface area contributed by atoms with Gasteiger partial charge < -0.3 is 0 Å². The molecule has 0 fully saturated rings. The molecule has 0 spiro atoms. The van der Waals surface area contributed by atoms with E-state index in [1.54, 1.807) is 36.5 Å². The summed E-state index contributed by atoms with van der Waals surface area (Å²) in [4.78, 5) is 24.2. The Morgan fingerprint density at radius 1 is 0.882 bits per heavy atom. The van der Waals surface area contributed by atoms with E-state index in [0.717, 1.165) is 0 Å². The zero-order valence-electron chi connectivity index (χ0n) is 8.70. The summed E-state index contributed by atoms with van der Waals surface area (Å²) in [5.41, 5.74) is 1.35. The fourth-order valence-electron chi connectivity index (χ4n) is 1.60.